The van der Waals surface area contributed by atoms with E-state index in [9.17, 15) is 10.2 Å². The summed E-state index contributed by atoms with van der Waals surface area (Å²) in [6.45, 7) is 14.5. The zero-order chi connectivity index (χ0) is 24.3. The largest absolute Gasteiger partial charge is 0.504 e. The van der Waals surface area contributed by atoms with E-state index in [1.807, 2.05) is 26.2 Å². The topological polar surface area (TPSA) is 62.2 Å². The predicted octanol–water partition coefficient (Wildman–Crippen LogP) is 4.58. The van der Waals surface area contributed by atoms with E-state index in [2.05, 4.69) is 38.3 Å². The Morgan fingerprint density at radius 2 is 2.00 bits per heavy atom. The maximum atomic E-state index is 12.2. The molecule has 5 heteroatoms. The molecule has 2 aliphatic heterocycles. The highest BCUT2D eigenvalue weighted by molar-refractivity contribution is 5.63. The van der Waals surface area contributed by atoms with Crippen LogP contribution in [0.3, 0.4) is 0 Å². The molecule has 1 aromatic rings. The summed E-state index contributed by atoms with van der Waals surface area (Å²) in [5.41, 5.74) is 0.562. The van der Waals surface area contributed by atoms with Crippen LogP contribution >= 0.6 is 0 Å². The van der Waals surface area contributed by atoms with Gasteiger partial charge in [-0.2, -0.15) is 0 Å². The summed E-state index contributed by atoms with van der Waals surface area (Å²) in [7, 11) is 1.81. The van der Waals surface area contributed by atoms with E-state index >= 15 is 0 Å². The molecule has 4 bridgehead atoms. The van der Waals surface area contributed by atoms with Crippen LogP contribution in [0, 0.1) is 16.7 Å². The third kappa shape index (κ3) is 2.33. The molecule has 34 heavy (non-hydrogen) atoms. The summed E-state index contributed by atoms with van der Waals surface area (Å²) in [4.78, 5) is 2.70. The fourth-order valence-corrected chi connectivity index (χ4v) is 9.25. The molecule has 0 radical (unpaired) electrons. The van der Waals surface area contributed by atoms with Gasteiger partial charge in [-0.25, -0.2) is 0 Å². The molecule has 4 fully saturated rings. The van der Waals surface area contributed by atoms with Gasteiger partial charge in [0.1, 0.15) is 11.7 Å². The Hall–Kier alpha value is -1.56. The third-order valence-electron chi connectivity index (χ3n) is 11.3. The number of phenols is 1. The minimum absolute atomic E-state index is 0.0106. The number of rotatable bonds is 5. The normalized spacial score (nSPS) is 41.5. The Morgan fingerprint density at radius 1 is 1.24 bits per heavy atom. The first kappa shape index (κ1) is 22.9. The summed E-state index contributed by atoms with van der Waals surface area (Å²) >= 11 is 0. The van der Waals surface area contributed by atoms with Crippen molar-refractivity contribution in [1.29, 1.82) is 0 Å². The Bertz CT molecular complexity index is 1040. The molecule has 2 heterocycles. The Morgan fingerprint density at radius 3 is 2.68 bits per heavy atom. The number of hydrogen-bond donors (Lipinski definition) is 2. The molecule has 186 valence electrons. The van der Waals surface area contributed by atoms with Crippen LogP contribution in [0.1, 0.15) is 70.9 Å². The van der Waals surface area contributed by atoms with Gasteiger partial charge in [-0.05, 0) is 69.0 Å². The van der Waals surface area contributed by atoms with Crippen LogP contribution in [0.25, 0.3) is 0 Å². The third-order valence-corrected chi connectivity index (χ3v) is 11.3. The van der Waals surface area contributed by atoms with Crippen LogP contribution < -0.4 is 4.74 Å². The van der Waals surface area contributed by atoms with Gasteiger partial charge >= 0.3 is 0 Å². The molecule has 3 saturated carbocycles. The Labute approximate surface area is 204 Å². The minimum Gasteiger partial charge on any atom is -0.504 e. The van der Waals surface area contributed by atoms with Crippen LogP contribution in [0.4, 0.5) is 0 Å². The number of phenolic OH excluding ortho intramolecular Hbond substituents is 1. The molecule has 2 N–H and O–H groups in total. The molecule has 7 atom stereocenters. The molecule has 5 nitrogen and oxygen atoms in total. The van der Waals surface area contributed by atoms with Crippen molar-refractivity contribution in [2.24, 2.45) is 16.7 Å². The quantitative estimate of drug-likeness (QED) is 0.621. The maximum absolute atomic E-state index is 12.2. The van der Waals surface area contributed by atoms with Crippen LogP contribution in [-0.2, 0) is 16.6 Å². The van der Waals surface area contributed by atoms with E-state index in [-0.39, 0.29) is 34.0 Å². The van der Waals surface area contributed by atoms with Crippen molar-refractivity contribution in [1.82, 2.24) is 4.90 Å². The molecule has 7 rings (SSSR count). The highest BCUT2D eigenvalue weighted by Crippen LogP contribution is 2.77. The molecular weight excluding hydrogens is 426 g/mol. The van der Waals surface area contributed by atoms with Gasteiger partial charge in [0, 0.05) is 42.0 Å². The highest BCUT2D eigenvalue weighted by Gasteiger charge is 2.82. The first-order valence-corrected chi connectivity index (χ1v) is 13.1. The van der Waals surface area contributed by atoms with Gasteiger partial charge in [0.05, 0.1) is 5.60 Å². The highest BCUT2D eigenvalue weighted by atomic mass is 16.6. The van der Waals surface area contributed by atoms with E-state index in [1.54, 1.807) is 0 Å². The monoisotopic (exact) mass is 467 g/mol. The second kappa shape index (κ2) is 6.80. The van der Waals surface area contributed by atoms with Gasteiger partial charge in [-0.1, -0.05) is 32.9 Å². The number of likely N-dealkylation sites (tertiary alicyclic amines) is 1. The average Bonchev–Trinajstić information content (AvgIpc) is 3.16. The molecule has 4 aliphatic carbocycles. The number of benzene rings is 1. The lowest BCUT2D eigenvalue weighted by Gasteiger charge is -2.75. The van der Waals surface area contributed by atoms with Crippen LogP contribution in [0.5, 0.6) is 11.5 Å². The van der Waals surface area contributed by atoms with Gasteiger partial charge in [-0.15, -0.1) is 6.58 Å². The predicted molar refractivity (Wildman–Crippen MR) is 132 cm³/mol. The van der Waals surface area contributed by atoms with Gasteiger partial charge < -0.3 is 19.7 Å². The van der Waals surface area contributed by atoms with Gasteiger partial charge in [0.25, 0.3) is 0 Å². The van der Waals surface area contributed by atoms with Crippen molar-refractivity contribution in [3.05, 3.63) is 35.9 Å². The van der Waals surface area contributed by atoms with Gasteiger partial charge in [0.2, 0.25) is 0 Å². The Balaban J connectivity index is 1.61. The number of fused-ring (bicyclic) bond motifs is 2. The second-order valence-electron chi connectivity index (χ2n) is 13.0. The number of aliphatic hydroxyl groups is 1. The van der Waals surface area contributed by atoms with Crippen molar-refractivity contribution in [2.75, 3.05) is 20.2 Å². The molecule has 1 saturated heterocycles. The molecule has 0 amide bonds. The van der Waals surface area contributed by atoms with E-state index in [4.69, 9.17) is 9.47 Å². The van der Waals surface area contributed by atoms with Gasteiger partial charge in [-0.3, -0.25) is 4.90 Å². The summed E-state index contributed by atoms with van der Waals surface area (Å²) in [5, 5.41) is 23.1. The Kier molecular flexibility index (Phi) is 4.58. The molecular formula is C29H41NO4. The molecule has 6 aliphatic rings. The van der Waals surface area contributed by atoms with Crippen LogP contribution in [0.15, 0.2) is 24.8 Å². The number of piperidine rings is 1. The number of ether oxygens (including phenoxy) is 2. The van der Waals surface area contributed by atoms with Crippen molar-refractivity contribution < 1.29 is 19.7 Å². The first-order chi connectivity index (χ1) is 16.0. The van der Waals surface area contributed by atoms with E-state index in [0.717, 1.165) is 51.6 Å². The number of nitrogens with zero attached hydrogens (tertiary/aromatic N) is 1. The SMILES string of the molecule is C=CCCN1CCC23c4c5ccc(O)c4O[C@H]2C2(OC)CC[C@@]3(C[C@@H]2[C@](C)(O)C(C)(C)C)[C@H]1C5. The number of methoxy groups -OCH3 is 1. The maximum Gasteiger partial charge on any atom is 0.165 e. The first-order valence-electron chi connectivity index (χ1n) is 13.1. The lowest BCUT2D eigenvalue weighted by atomic mass is 9.33. The molecule has 0 aromatic heterocycles. The van der Waals surface area contributed by atoms with Crippen molar-refractivity contribution in [3.63, 3.8) is 0 Å². The molecule has 2 spiro atoms. The van der Waals surface area contributed by atoms with E-state index < -0.39 is 11.2 Å². The van der Waals surface area contributed by atoms with Crippen LogP contribution in [0.2, 0.25) is 0 Å². The summed E-state index contributed by atoms with van der Waals surface area (Å²) in [6.07, 6.45) is 7.67. The van der Waals surface area contributed by atoms with E-state index in [1.165, 1.54) is 11.1 Å². The number of hydrogen-bond acceptors (Lipinski definition) is 5. The number of aromatic hydroxyl groups is 1. The fourth-order valence-electron chi connectivity index (χ4n) is 9.25. The van der Waals surface area contributed by atoms with E-state index in [0.29, 0.717) is 11.8 Å². The lowest BCUT2D eigenvalue weighted by molar-refractivity contribution is -0.312. The molecule has 2 unspecified atom stereocenters. The lowest BCUT2D eigenvalue weighted by Crippen LogP contribution is -2.83. The van der Waals surface area contributed by atoms with Gasteiger partial charge in [0.15, 0.2) is 11.5 Å². The minimum atomic E-state index is -0.932. The van der Waals surface area contributed by atoms with Crippen molar-refractivity contribution in [2.45, 2.75) is 95.0 Å². The second-order valence-corrected chi connectivity index (χ2v) is 13.0. The fraction of sp³-hybridized carbons (Fsp3) is 0.724. The summed E-state index contributed by atoms with van der Waals surface area (Å²) < 4.78 is 13.4. The van der Waals surface area contributed by atoms with Crippen molar-refractivity contribution >= 4 is 0 Å². The zero-order valence-electron chi connectivity index (χ0n) is 21.5. The standard InChI is InChI=1S/C29H41NO4/c1-7-8-14-30-15-13-28-22-18-9-10-19(31)23(22)34-24(28)29(33-6)12-11-27(28,21(30)16-18)17-20(29)26(5,32)25(2,3)4/h7,9-10,20-21,24,31-32H,1,8,11-17H2,2-6H3/t20-,21-,24-,26+,27-,28?,29?/m1/s1. The van der Waals surface area contributed by atoms with Crippen LogP contribution in [-0.4, -0.2) is 58.7 Å². The van der Waals surface area contributed by atoms with Crippen molar-refractivity contribution in [3.8, 4) is 11.5 Å². The summed E-state index contributed by atoms with van der Waals surface area (Å²) in [6, 6.07) is 4.33. The smallest absolute Gasteiger partial charge is 0.165 e. The summed E-state index contributed by atoms with van der Waals surface area (Å²) in [5.74, 6) is 0.871. The zero-order valence-corrected chi connectivity index (χ0v) is 21.5. The molecule has 1 aromatic carbocycles. The average molecular weight is 468 g/mol.